The Morgan fingerprint density at radius 3 is 1.32 bits per heavy atom. The number of carbonyl (C=O) groups excluding carboxylic acids is 2. The van der Waals surface area contributed by atoms with Gasteiger partial charge in [-0.2, -0.15) is 5.01 Å². The molecular weight excluding hydrogens is 628 g/mol. The van der Waals surface area contributed by atoms with Crippen molar-refractivity contribution in [3.05, 3.63) is 46.5 Å². The number of hydrogen-bond donors (Lipinski definition) is 9. The first-order valence-corrected chi connectivity index (χ1v) is 16.4. The SMILES string of the molecule is CC(=O)Nc1cc([As](=O)(O)O)ccc1O.CC(=O)Nc1cc([As](=O)(O)O)ccc1O.CN(C)N[N+](=O)[O-]. The Labute approximate surface area is 215 Å². The van der Waals surface area contributed by atoms with Crippen LogP contribution in [0.2, 0.25) is 0 Å². The van der Waals surface area contributed by atoms with Crippen molar-refractivity contribution in [2.24, 2.45) is 0 Å². The molecule has 0 unspecified atom stereocenters. The van der Waals surface area contributed by atoms with Crippen molar-refractivity contribution in [2.45, 2.75) is 13.8 Å². The zero-order chi connectivity index (χ0) is 29.1. The van der Waals surface area contributed by atoms with Gasteiger partial charge in [0.1, 0.15) is 0 Å². The molecule has 0 aliphatic heterocycles. The first-order valence-electron chi connectivity index (χ1n) is 9.65. The molecule has 2 rings (SSSR count). The Hall–Kier alpha value is -3.30. The number of anilines is 2. The van der Waals surface area contributed by atoms with Crippen molar-refractivity contribution in [3.8, 4) is 11.5 Å². The number of nitrogens with one attached hydrogen (secondary N) is 3. The number of nitrogens with zero attached hydrogens (tertiary/aromatic N) is 2. The molecule has 19 heteroatoms. The first-order chi connectivity index (χ1) is 16.7. The molecule has 2 aromatic rings. The van der Waals surface area contributed by atoms with Crippen LogP contribution in [0.15, 0.2) is 36.4 Å². The molecule has 206 valence electrons. The van der Waals surface area contributed by atoms with E-state index in [-0.39, 0.29) is 31.6 Å². The summed E-state index contributed by atoms with van der Waals surface area (Å²) in [5.74, 6) is -1.34. The zero-order valence-electron chi connectivity index (χ0n) is 19.9. The average Bonchev–Trinajstić information content (AvgIpc) is 2.69. The molecule has 2 amide bonds. The maximum Gasteiger partial charge on any atom is 0.173 e. The predicted octanol–water partition coefficient (Wildman–Crippen LogP) is -2.93. The van der Waals surface area contributed by atoms with Gasteiger partial charge >= 0.3 is 176 Å². The number of amides is 2. The van der Waals surface area contributed by atoms with Crippen molar-refractivity contribution in [1.29, 1.82) is 0 Å². The van der Waals surface area contributed by atoms with E-state index in [4.69, 9.17) is 16.4 Å². The van der Waals surface area contributed by atoms with E-state index >= 15 is 0 Å². The standard InChI is InChI=1S/2C8H10AsNO5.C2H7N3O2/c2*1-5(11)10-7-4-6(9(13,14)15)2-3-8(7)12;1-4(2)3-5(6)7/h2*2-4,12H,1H3,(H,10,11)(H2,13,14,15);3H,1-2H3. The zero-order valence-corrected chi connectivity index (χ0v) is 23.6. The van der Waals surface area contributed by atoms with E-state index in [0.717, 1.165) is 36.4 Å². The Kier molecular flexibility index (Phi) is 13.2. The van der Waals surface area contributed by atoms with E-state index in [1.165, 1.54) is 18.9 Å². The minimum Gasteiger partial charge on any atom is -0.234 e. The minimum absolute atomic E-state index is 0.00951. The molecule has 0 saturated heterocycles. The number of benzene rings is 2. The van der Waals surface area contributed by atoms with Crippen LogP contribution >= 0.6 is 0 Å². The van der Waals surface area contributed by atoms with Crippen LogP contribution in [0.5, 0.6) is 11.5 Å². The second-order valence-corrected chi connectivity index (χ2v) is 13.8. The van der Waals surface area contributed by atoms with Crippen LogP contribution in [-0.2, 0) is 17.1 Å². The summed E-state index contributed by atoms with van der Waals surface area (Å²) >= 11 is -9.97. The van der Waals surface area contributed by atoms with Crippen LogP contribution in [0.3, 0.4) is 0 Å². The van der Waals surface area contributed by atoms with Crippen LogP contribution in [0.1, 0.15) is 13.8 Å². The summed E-state index contributed by atoms with van der Waals surface area (Å²) in [7, 11) is 3.09. The molecule has 0 aliphatic carbocycles. The minimum atomic E-state index is -4.98. The second-order valence-electron chi connectivity index (χ2n) is 7.10. The summed E-state index contributed by atoms with van der Waals surface area (Å²) < 4.78 is 57.2. The third kappa shape index (κ3) is 14.1. The monoisotopic (exact) mass is 655 g/mol. The summed E-state index contributed by atoms with van der Waals surface area (Å²) in [6.45, 7) is 2.46. The molecule has 37 heavy (non-hydrogen) atoms. The molecule has 0 aromatic heterocycles. The fourth-order valence-electron chi connectivity index (χ4n) is 2.15. The number of hydrazine groups is 2. The molecule has 17 nitrogen and oxygen atoms in total. The average molecular weight is 655 g/mol. The maximum atomic E-state index is 10.9. The van der Waals surface area contributed by atoms with Crippen LogP contribution in [0.4, 0.5) is 11.4 Å². The van der Waals surface area contributed by atoms with Gasteiger partial charge in [0, 0.05) is 14.1 Å². The summed E-state index contributed by atoms with van der Waals surface area (Å²) in [5.41, 5.74) is 1.84. The van der Waals surface area contributed by atoms with Gasteiger partial charge in [-0.05, 0) is 0 Å². The van der Waals surface area contributed by atoms with Gasteiger partial charge in [0.2, 0.25) is 0 Å². The van der Waals surface area contributed by atoms with Crippen LogP contribution < -0.4 is 24.9 Å². The van der Waals surface area contributed by atoms with Crippen LogP contribution in [-0.4, -0.2) is 90.9 Å². The number of carbonyl (C=O) groups is 2. The van der Waals surface area contributed by atoms with Crippen molar-refractivity contribution < 1.29 is 48.7 Å². The van der Waals surface area contributed by atoms with Gasteiger partial charge in [0.25, 0.3) is 0 Å². The molecule has 0 fully saturated rings. The van der Waals surface area contributed by atoms with Gasteiger partial charge in [0.15, 0.2) is 5.03 Å². The van der Waals surface area contributed by atoms with Crippen LogP contribution in [0.25, 0.3) is 0 Å². The fraction of sp³-hybridized carbons (Fsp3) is 0.222. The Bertz CT molecular complexity index is 1130. The molecule has 0 atom stereocenters. The maximum absolute atomic E-state index is 10.9. The smallest absolute Gasteiger partial charge is 0.173 e. The number of phenolic OH excluding ortho intramolecular Hbond substituents is 2. The van der Waals surface area contributed by atoms with Gasteiger partial charge in [0.05, 0.1) is 0 Å². The number of phenols is 2. The molecule has 0 spiro atoms. The Morgan fingerprint density at radius 1 is 0.811 bits per heavy atom. The normalized spacial score (nSPS) is 10.7. The summed E-state index contributed by atoms with van der Waals surface area (Å²) in [6, 6.07) is 6.64. The third-order valence-electron chi connectivity index (χ3n) is 3.54. The van der Waals surface area contributed by atoms with Crippen molar-refractivity contribution in [2.75, 3.05) is 24.7 Å². The van der Waals surface area contributed by atoms with Gasteiger partial charge in [-0.3, -0.25) is 0 Å². The number of nitro groups is 1. The third-order valence-corrected chi connectivity index (χ3v) is 7.53. The molecule has 0 bridgehead atoms. The van der Waals surface area contributed by atoms with E-state index in [1.54, 1.807) is 14.1 Å². The Balaban J connectivity index is 0.000000563. The molecule has 9 N–H and O–H groups in total. The molecule has 0 saturated carbocycles. The van der Waals surface area contributed by atoms with Crippen molar-refractivity contribution in [1.82, 2.24) is 10.5 Å². The predicted molar refractivity (Wildman–Crippen MR) is 130 cm³/mol. The van der Waals surface area contributed by atoms with Gasteiger partial charge in [-0.1, -0.05) is 5.53 Å². The summed E-state index contributed by atoms with van der Waals surface area (Å²) in [5, 5.41) is 33.2. The number of aromatic hydroxyl groups is 2. The van der Waals surface area contributed by atoms with E-state index in [9.17, 15) is 37.4 Å². The topological polar surface area (TPSA) is 272 Å². The number of rotatable bonds is 6. The van der Waals surface area contributed by atoms with Gasteiger partial charge in [-0.25, -0.2) is 10.1 Å². The largest absolute Gasteiger partial charge is 0.234 e. The molecule has 2 aromatic carbocycles. The Morgan fingerprint density at radius 2 is 1.14 bits per heavy atom. The molecule has 0 radical (unpaired) electrons. The van der Waals surface area contributed by atoms with E-state index in [1.807, 2.05) is 5.53 Å². The number of hydrogen-bond acceptors (Lipinski definition) is 9. The van der Waals surface area contributed by atoms with E-state index in [0.29, 0.717) is 0 Å². The molecule has 0 aliphatic rings. The van der Waals surface area contributed by atoms with Crippen molar-refractivity contribution in [3.63, 3.8) is 0 Å². The quantitative estimate of drug-likeness (QED) is 0.0653. The summed E-state index contributed by atoms with van der Waals surface area (Å²) in [6.07, 6.45) is 0. The van der Waals surface area contributed by atoms with Gasteiger partial charge in [-0.15, -0.1) is 0 Å². The second kappa shape index (κ2) is 14.4. The van der Waals surface area contributed by atoms with Crippen LogP contribution in [0, 0.1) is 10.1 Å². The van der Waals surface area contributed by atoms with Gasteiger partial charge < -0.3 is 0 Å². The van der Waals surface area contributed by atoms with Crippen molar-refractivity contribution >= 4 is 60.2 Å². The van der Waals surface area contributed by atoms with E-state index < -0.39 is 45.2 Å². The first kappa shape index (κ1) is 33.7. The van der Waals surface area contributed by atoms with E-state index in [2.05, 4.69) is 10.6 Å². The summed E-state index contributed by atoms with van der Waals surface area (Å²) in [4.78, 5) is 30.9. The molecule has 0 heterocycles. The fourth-order valence-corrected chi connectivity index (χ4v) is 4.53. The molecular formula is C18H27As2N5O12.